The number of nitrogens with zero attached hydrogens (tertiary/aromatic N) is 1. The van der Waals surface area contributed by atoms with E-state index in [1.54, 1.807) is 6.21 Å². The third-order valence-electron chi connectivity index (χ3n) is 2.00. The van der Waals surface area contributed by atoms with Gasteiger partial charge in [-0.3, -0.25) is 5.43 Å². The Hall–Kier alpha value is -1.13. The van der Waals surface area contributed by atoms with Gasteiger partial charge in [0.15, 0.2) is 5.11 Å². The highest BCUT2D eigenvalue weighted by Gasteiger charge is 1.97. The minimum Gasteiger partial charge on any atom is -0.375 e. The number of thiocarbonyl (C=S) groups is 1. The normalized spacial score (nSPS) is 10.6. The van der Waals surface area contributed by atoms with Crippen molar-refractivity contribution in [3.63, 3.8) is 0 Å². The molecule has 86 valence electrons. The van der Waals surface area contributed by atoms with Gasteiger partial charge in [-0.25, -0.2) is 0 Å². The lowest BCUT2D eigenvalue weighted by atomic mass is 10.1. The van der Waals surface area contributed by atoms with E-state index in [0.29, 0.717) is 0 Å². The molecule has 0 fully saturated rings. The summed E-state index contributed by atoms with van der Waals surface area (Å²) in [7, 11) is 0. The highest BCUT2D eigenvalue weighted by atomic mass is 35.5. The molecule has 0 bridgehead atoms. The summed E-state index contributed by atoms with van der Waals surface area (Å²) in [6.07, 6.45) is 4.56. The van der Waals surface area contributed by atoms with Crippen LogP contribution in [0.5, 0.6) is 0 Å². The van der Waals surface area contributed by atoms with Crippen molar-refractivity contribution < 1.29 is 0 Å². The summed E-state index contributed by atoms with van der Waals surface area (Å²) in [4.78, 5) is 0. The van der Waals surface area contributed by atoms with E-state index in [-0.39, 0.29) is 5.11 Å². The van der Waals surface area contributed by atoms with Crippen LogP contribution in [0.4, 0.5) is 0 Å². The molecular formula is C11H14ClN3S. The van der Waals surface area contributed by atoms with Crippen molar-refractivity contribution in [1.82, 2.24) is 5.43 Å². The van der Waals surface area contributed by atoms with E-state index in [0.717, 1.165) is 24.3 Å². The summed E-state index contributed by atoms with van der Waals surface area (Å²) in [5.74, 6) is 0. The molecule has 0 aliphatic rings. The monoisotopic (exact) mass is 255 g/mol. The van der Waals surface area contributed by atoms with Crippen molar-refractivity contribution in [2.75, 3.05) is 0 Å². The average Bonchev–Trinajstić information content (AvgIpc) is 2.25. The number of hydrogen-bond acceptors (Lipinski definition) is 2. The molecule has 3 nitrogen and oxygen atoms in total. The number of hydrogen-bond donors (Lipinski definition) is 2. The second-order valence-corrected chi connectivity index (χ2v) is 4.12. The number of nitrogens with one attached hydrogen (secondary N) is 1. The van der Waals surface area contributed by atoms with Crippen molar-refractivity contribution in [3.05, 3.63) is 34.9 Å². The van der Waals surface area contributed by atoms with Gasteiger partial charge in [-0.1, -0.05) is 29.8 Å². The van der Waals surface area contributed by atoms with Gasteiger partial charge in [-0.05, 0) is 43.1 Å². The van der Waals surface area contributed by atoms with E-state index in [2.05, 4.69) is 22.7 Å². The van der Waals surface area contributed by atoms with Crippen LogP contribution in [0.2, 0.25) is 5.02 Å². The Morgan fingerprint density at radius 3 is 2.94 bits per heavy atom. The number of halogens is 1. The molecule has 1 rings (SSSR count). The molecule has 1 aromatic rings. The number of aryl methyl sites for hydroxylation is 1. The standard InChI is InChI=1S/C11H14ClN3S/c12-10-7-2-1-5-9(10)6-3-4-8-14-15-11(13)16/h1-2,5,7-8H,3-4,6H2,(H3,13,15,16)/b14-8-. The van der Waals surface area contributed by atoms with Crippen LogP contribution in [0.3, 0.4) is 0 Å². The first-order chi connectivity index (χ1) is 7.70. The van der Waals surface area contributed by atoms with Gasteiger partial charge in [0.1, 0.15) is 0 Å². The van der Waals surface area contributed by atoms with Crippen LogP contribution in [-0.2, 0) is 6.42 Å². The third-order valence-corrected chi connectivity index (χ3v) is 2.46. The minimum absolute atomic E-state index is 0.183. The van der Waals surface area contributed by atoms with Gasteiger partial charge < -0.3 is 5.73 Å². The zero-order valence-electron chi connectivity index (χ0n) is 8.82. The molecule has 0 unspecified atom stereocenters. The van der Waals surface area contributed by atoms with Crippen molar-refractivity contribution >= 4 is 35.1 Å². The van der Waals surface area contributed by atoms with Crippen LogP contribution in [0.1, 0.15) is 18.4 Å². The SMILES string of the molecule is NC(=S)N/N=C\CCCc1ccccc1Cl. The fourth-order valence-corrected chi connectivity index (χ4v) is 1.54. The summed E-state index contributed by atoms with van der Waals surface area (Å²) in [5, 5.41) is 4.85. The largest absolute Gasteiger partial charge is 0.375 e. The van der Waals surface area contributed by atoms with Crippen LogP contribution in [-0.4, -0.2) is 11.3 Å². The molecule has 0 atom stereocenters. The number of nitrogens with two attached hydrogens (primary N) is 1. The molecule has 5 heteroatoms. The van der Waals surface area contributed by atoms with Crippen LogP contribution < -0.4 is 11.2 Å². The zero-order chi connectivity index (χ0) is 11.8. The molecule has 0 aliphatic carbocycles. The van der Waals surface area contributed by atoms with Gasteiger partial charge in [-0.15, -0.1) is 0 Å². The lowest BCUT2D eigenvalue weighted by Gasteiger charge is -2.01. The van der Waals surface area contributed by atoms with E-state index < -0.39 is 0 Å². The van der Waals surface area contributed by atoms with Gasteiger partial charge in [0.2, 0.25) is 0 Å². The molecule has 0 amide bonds. The van der Waals surface area contributed by atoms with E-state index in [1.807, 2.05) is 24.3 Å². The summed E-state index contributed by atoms with van der Waals surface area (Å²) < 4.78 is 0. The number of hydrazone groups is 1. The first-order valence-electron chi connectivity index (χ1n) is 5.00. The van der Waals surface area contributed by atoms with Crippen LogP contribution in [0, 0.1) is 0 Å². The Morgan fingerprint density at radius 1 is 1.50 bits per heavy atom. The highest BCUT2D eigenvalue weighted by Crippen LogP contribution is 2.16. The molecule has 0 heterocycles. The zero-order valence-corrected chi connectivity index (χ0v) is 10.4. The first kappa shape index (κ1) is 12.9. The molecular weight excluding hydrogens is 242 g/mol. The molecule has 16 heavy (non-hydrogen) atoms. The van der Waals surface area contributed by atoms with Crippen LogP contribution in [0.15, 0.2) is 29.4 Å². The summed E-state index contributed by atoms with van der Waals surface area (Å²) in [5.41, 5.74) is 8.88. The molecule has 0 saturated carbocycles. The molecule has 0 aromatic heterocycles. The van der Waals surface area contributed by atoms with Crippen LogP contribution >= 0.6 is 23.8 Å². The van der Waals surface area contributed by atoms with E-state index in [9.17, 15) is 0 Å². The lowest BCUT2D eigenvalue weighted by Crippen LogP contribution is -2.23. The van der Waals surface area contributed by atoms with Gasteiger partial charge >= 0.3 is 0 Å². The summed E-state index contributed by atoms with van der Waals surface area (Å²) in [6.45, 7) is 0. The molecule has 0 spiro atoms. The Morgan fingerprint density at radius 2 is 2.25 bits per heavy atom. The molecule has 0 radical (unpaired) electrons. The van der Waals surface area contributed by atoms with Crippen molar-refractivity contribution in [1.29, 1.82) is 0 Å². The second-order valence-electron chi connectivity index (χ2n) is 3.27. The number of benzene rings is 1. The lowest BCUT2D eigenvalue weighted by molar-refractivity contribution is 0.866. The topological polar surface area (TPSA) is 50.4 Å². The fourth-order valence-electron chi connectivity index (χ4n) is 1.26. The first-order valence-corrected chi connectivity index (χ1v) is 5.79. The Kier molecular flexibility index (Phi) is 5.82. The smallest absolute Gasteiger partial charge is 0.184 e. The van der Waals surface area contributed by atoms with Gasteiger partial charge in [-0.2, -0.15) is 5.10 Å². The number of unbranched alkanes of at least 4 members (excludes halogenated alkanes) is 1. The minimum atomic E-state index is 0.183. The summed E-state index contributed by atoms with van der Waals surface area (Å²) >= 11 is 10.6. The molecule has 0 aliphatic heterocycles. The predicted molar refractivity (Wildman–Crippen MR) is 72.8 cm³/mol. The Balaban J connectivity index is 2.24. The van der Waals surface area contributed by atoms with Gasteiger partial charge in [0, 0.05) is 11.2 Å². The quantitative estimate of drug-likeness (QED) is 0.368. The van der Waals surface area contributed by atoms with E-state index in [4.69, 9.17) is 17.3 Å². The van der Waals surface area contributed by atoms with Gasteiger partial charge in [0.05, 0.1) is 0 Å². The highest BCUT2D eigenvalue weighted by molar-refractivity contribution is 7.80. The summed E-state index contributed by atoms with van der Waals surface area (Å²) in [6, 6.07) is 7.86. The fraction of sp³-hybridized carbons (Fsp3) is 0.273. The maximum absolute atomic E-state index is 6.03. The second kappa shape index (κ2) is 7.19. The number of rotatable bonds is 5. The molecule has 1 aromatic carbocycles. The van der Waals surface area contributed by atoms with Gasteiger partial charge in [0.25, 0.3) is 0 Å². The molecule has 3 N–H and O–H groups in total. The van der Waals surface area contributed by atoms with Crippen molar-refractivity contribution in [2.45, 2.75) is 19.3 Å². The van der Waals surface area contributed by atoms with Crippen LogP contribution in [0.25, 0.3) is 0 Å². The van der Waals surface area contributed by atoms with Crippen molar-refractivity contribution in [3.8, 4) is 0 Å². The maximum Gasteiger partial charge on any atom is 0.184 e. The van der Waals surface area contributed by atoms with Crippen molar-refractivity contribution in [2.24, 2.45) is 10.8 Å². The Bertz CT molecular complexity index is 379. The third kappa shape index (κ3) is 5.09. The van der Waals surface area contributed by atoms with E-state index >= 15 is 0 Å². The molecule has 0 saturated heterocycles. The average molecular weight is 256 g/mol. The maximum atomic E-state index is 6.03. The Labute approximate surface area is 106 Å². The van der Waals surface area contributed by atoms with E-state index in [1.165, 1.54) is 5.56 Å². The predicted octanol–water partition coefficient (Wildman–Crippen LogP) is 2.48.